The fraction of sp³-hybridized carbons (Fsp3) is 0.481. The lowest BCUT2D eigenvalue weighted by atomic mass is 9.58. The molecule has 4 atom stereocenters. The molecule has 2 saturated heterocycles. The molecule has 2 amide bonds. The van der Waals surface area contributed by atoms with Crippen molar-refractivity contribution < 1.29 is 28.8 Å². The molecule has 0 saturated carbocycles. The maximum absolute atomic E-state index is 13.6. The molecule has 0 radical (unpaired) electrons. The van der Waals surface area contributed by atoms with E-state index in [-0.39, 0.29) is 36.4 Å². The van der Waals surface area contributed by atoms with E-state index < -0.39 is 13.0 Å². The number of carbonyl (C=O) groups is 2. The van der Waals surface area contributed by atoms with Gasteiger partial charge in [0.2, 0.25) is 11.8 Å². The van der Waals surface area contributed by atoms with Crippen molar-refractivity contribution in [2.45, 2.75) is 65.1 Å². The van der Waals surface area contributed by atoms with Crippen LogP contribution in [-0.2, 0) is 27.4 Å². The lowest BCUT2D eigenvalue weighted by Crippen LogP contribution is -2.46. The third kappa shape index (κ3) is 4.77. The van der Waals surface area contributed by atoms with Gasteiger partial charge in [0.05, 0.1) is 24.5 Å². The quantitative estimate of drug-likeness (QED) is 0.311. The maximum atomic E-state index is 13.6. The second kappa shape index (κ2) is 10.5. The Hall–Kier alpha value is -2.46. The zero-order valence-electron chi connectivity index (χ0n) is 20.7. The molecule has 0 unspecified atom stereocenters. The number of carbonyl (C=O) groups excluding carboxylic acids is 2. The van der Waals surface area contributed by atoms with Crippen LogP contribution in [0.3, 0.4) is 0 Å². The predicted molar refractivity (Wildman–Crippen MR) is 137 cm³/mol. The van der Waals surface area contributed by atoms with Crippen molar-refractivity contribution >= 4 is 36.3 Å². The Morgan fingerprint density at radius 3 is 2.78 bits per heavy atom. The summed E-state index contributed by atoms with van der Waals surface area (Å²) in [7, 11) is -0.962. The first-order valence-electron chi connectivity index (χ1n) is 12.7. The van der Waals surface area contributed by atoms with Crippen molar-refractivity contribution in [3.05, 3.63) is 62.8 Å². The highest BCUT2D eigenvalue weighted by Gasteiger charge is 2.57. The molecule has 2 aromatic heterocycles. The van der Waals surface area contributed by atoms with Gasteiger partial charge in [-0.2, -0.15) is 0 Å². The molecule has 3 aliphatic rings. The number of aliphatic hydroxyl groups is 1. The number of fused-ring (bicyclic) bond motifs is 3. The Kier molecular flexibility index (Phi) is 7.35. The number of hydrogen-bond donors (Lipinski definition) is 2. The third-order valence-corrected chi connectivity index (χ3v) is 8.61. The Morgan fingerprint density at radius 1 is 1.25 bits per heavy atom. The van der Waals surface area contributed by atoms with Crippen molar-refractivity contribution in [3.8, 4) is 0 Å². The number of hydrogen-bond acceptors (Lipinski definition) is 7. The number of imide groups is 1. The number of rotatable bonds is 8. The molecule has 2 fully saturated rings. The Balaban J connectivity index is 1.37. The second-order valence-corrected chi connectivity index (χ2v) is 11.0. The number of nitrogens with zero attached hydrogens (tertiary/aromatic N) is 1. The minimum atomic E-state index is -0.962. The Labute approximate surface area is 215 Å². The van der Waals surface area contributed by atoms with Crippen molar-refractivity contribution in [3.63, 3.8) is 0 Å². The molecule has 4 heterocycles. The third-order valence-electron chi connectivity index (χ3n) is 7.75. The molecule has 2 aromatic rings. The standard InChI is InChI=1S/C27H32BNO6S/c1-3-17-12-21-25(27(32)29(26(21)31)14-20-5-4-10-36-20)22-13-28(33)35-23(24(17)22)9-6-16(2)11-18-7-8-19(15-30)34-18/h4-5,7-8,10-11,21-23,25,30,33H,3,6,9,12-15H2,1-2H3/b16-11+/t21-,22+,23-,25-/m1/s1. The fourth-order valence-electron chi connectivity index (χ4n) is 6.11. The fourth-order valence-corrected chi connectivity index (χ4v) is 6.81. The molecule has 9 heteroatoms. The molecule has 7 nitrogen and oxygen atoms in total. The summed E-state index contributed by atoms with van der Waals surface area (Å²) in [6, 6.07) is 7.46. The van der Waals surface area contributed by atoms with Gasteiger partial charge in [0.25, 0.3) is 0 Å². The topological polar surface area (TPSA) is 100 Å². The summed E-state index contributed by atoms with van der Waals surface area (Å²) in [6.45, 7) is 4.30. The molecule has 190 valence electrons. The van der Waals surface area contributed by atoms with E-state index in [0.717, 1.165) is 28.9 Å². The molecule has 0 aromatic carbocycles. The van der Waals surface area contributed by atoms with Crippen LogP contribution >= 0.6 is 11.3 Å². The minimum Gasteiger partial charge on any atom is -0.459 e. The lowest BCUT2D eigenvalue weighted by Gasteiger charge is -2.43. The van der Waals surface area contributed by atoms with Crippen LogP contribution in [0.25, 0.3) is 6.08 Å². The minimum absolute atomic E-state index is 0.0830. The number of aliphatic hydroxyl groups excluding tert-OH is 1. The summed E-state index contributed by atoms with van der Waals surface area (Å²) >= 11 is 1.55. The van der Waals surface area contributed by atoms with E-state index in [2.05, 4.69) is 6.92 Å². The average Bonchev–Trinajstić information content (AvgIpc) is 3.60. The number of allylic oxidation sites excluding steroid dienone is 2. The van der Waals surface area contributed by atoms with E-state index >= 15 is 0 Å². The number of likely N-dealkylation sites (tertiary alicyclic amines) is 1. The first kappa shape index (κ1) is 25.2. The molecule has 5 rings (SSSR count). The van der Waals surface area contributed by atoms with E-state index in [1.807, 2.05) is 36.6 Å². The van der Waals surface area contributed by atoms with E-state index in [4.69, 9.17) is 9.07 Å². The van der Waals surface area contributed by atoms with E-state index in [0.29, 0.717) is 37.2 Å². The van der Waals surface area contributed by atoms with Gasteiger partial charge in [-0.3, -0.25) is 14.5 Å². The maximum Gasteiger partial charge on any atom is 0.455 e. The summed E-state index contributed by atoms with van der Waals surface area (Å²) < 4.78 is 11.6. The highest BCUT2D eigenvalue weighted by molar-refractivity contribution is 7.09. The van der Waals surface area contributed by atoms with Crippen LogP contribution < -0.4 is 0 Å². The number of thiophene rings is 1. The Bertz CT molecular complexity index is 1180. The van der Waals surface area contributed by atoms with E-state index in [1.54, 1.807) is 17.4 Å². The molecule has 2 N–H and O–H groups in total. The highest BCUT2D eigenvalue weighted by atomic mass is 32.1. The average molecular weight is 509 g/mol. The zero-order valence-corrected chi connectivity index (χ0v) is 21.5. The van der Waals surface area contributed by atoms with Crippen molar-refractivity contribution in [1.82, 2.24) is 4.90 Å². The Morgan fingerprint density at radius 2 is 2.08 bits per heavy atom. The summed E-state index contributed by atoms with van der Waals surface area (Å²) in [5.41, 5.74) is 3.41. The first-order valence-corrected chi connectivity index (χ1v) is 13.6. The van der Waals surface area contributed by atoms with Crippen LogP contribution in [0.1, 0.15) is 55.9 Å². The van der Waals surface area contributed by atoms with Gasteiger partial charge in [0, 0.05) is 4.88 Å². The highest BCUT2D eigenvalue weighted by Crippen LogP contribution is 2.51. The van der Waals surface area contributed by atoms with E-state index in [1.165, 1.54) is 10.5 Å². The zero-order chi connectivity index (χ0) is 25.4. The van der Waals surface area contributed by atoms with Crippen LogP contribution in [0, 0.1) is 17.8 Å². The number of amides is 2. The van der Waals surface area contributed by atoms with Gasteiger partial charge in [-0.05, 0) is 80.1 Å². The SMILES string of the molecule is CCC1=C2[C@@H](CC/C(C)=C/c3ccc(CO)o3)OB(O)C[C@@H]2[C@@H]2C(=O)N(Cc3cccs3)C(=O)[C@@H]2C1. The first-order chi connectivity index (χ1) is 17.4. The molecule has 1 aliphatic carbocycles. The van der Waals surface area contributed by atoms with Gasteiger partial charge < -0.3 is 19.2 Å². The van der Waals surface area contributed by atoms with Gasteiger partial charge in [-0.25, -0.2) is 0 Å². The number of furan rings is 1. The summed E-state index contributed by atoms with van der Waals surface area (Å²) in [5.74, 6) is 0.0495. The van der Waals surface area contributed by atoms with Crippen LogP contribution in [0.5, 0.6) is 0 Å². The van der Waals surface area contributed by atoms with Gasteiger partial charge >= 0.3 is 7.12 Å². The van der Waals surface area contributed by atoms with Crippen LogP contribution in [-0.4, -0.2) is 40.1 Å². The van der Waals surface area contributed by atoms with Crippen molar-refractivity contribution in [1.29, 1.82) is 0 Å². The van der Waals surface area contributed by atoms with Crippen LogP contribution in [0.4, 0.5) is 0 Å². The van der Waals surface area contributed by atoms with Crippen molar-refractivity contribution in [2.75, 3.05) is 0 Å². The van der Waals surface area contributed by atoms with E-state index in [9.17, 15) is 19.7 Å². The van der Waals surface area contributed by atoms with Gasteiger partial charge in [0.15, 0.2) is 0 Å². The second-order valence-electron chi connectivity index (χ2n) is 10.0. The summed E-state index contributed by atoms with van der Waals surface area (Å²) in [5, 5.41) is 21.8. The van der Waals surface area contributed by atoms with Gasteiger partial charge in [-0.1, -0.05) is 24.1 Å². The summed E-state index contributed by atoms with van der Waals surface area (Å²) in [4.78, 5) is 29.3. The molecule has 0 bridgehead atoms. The molecular formula is C27H32BNO6S. The monoisotopic (exact) mass is 509 g/mol. The molecule has 2 aliphatic heterocycles. The molecule has 36 heavy (non-hydrogen) atoms. The normalized spacial score (nSPS) is 26.6. The van der Waals surface area contributed by atoms with Gasteiger partial charge in [0.1, 0.15) is 18.1 Å². The van der Waals surface area contributed by atoms with Gasteiger partial charge in [-0.15, -0.1) is 11.3 Å². The van der Waals surface area contributed by atoms with Crippen LogP contribution in [0.2, 0.25) is 6.32 Å². The van der Waals surface area contributed by atoms with Crippen LogP contribution in [0.15, 0.2) is 50.8 Å². The molecular weight excluding hydrogens is 477 g/mol. The van der Waals surface area contributed by atoms with Crippen molar-refractivity contribution in [2.24, 2.45) is 17.8 Å². The molecule has 0 spiro atoms. The largest absolute Gasteiger partial charge is 0.459 e. The smallest absolute Gasteiger partial charge is 0.455 e. The lowest BCUT2D eigenvalue weighted by molar-refractivity contribution is -0.140. The predicted octanol–water partition coefficient (Wildman–Crippen LogP) is 4.42. The summed E-state index contributed by atoms with van der Waals surface area (Å²) in [6.07, 6.45) is 4.77.